The van der Waals surface area contributed by atoms with Gasteiger partial charge in [0.2, 0.25) is 0 Å². The van der Waals surface area contributed by atoms with E-state index in [1.54, 1.807) is 6.92 Å². The summed E-state index contributed by atoms with van der Waals surface area (Å²) in [4.78, 5) is 11.9. The Morgan fingerprint density at radius 3 is 2.10 bits per heavy atom. The lowest BCUT2D eigenvalue weighted by molar-refractivity contribution is 0.0931. The highest BCUT2D eigenvalue weighted by Gasteiger charge is 2.19. The quantitative estimate of drug-likeness (QED) is 0.914. The Hall–Kier alpha value is -2.30. The first-order chi connectivity index (χ1) is 9.49. The number of carbonyl (C=O) groups excluding carboxylic acids is 1. The molecule has 2 rings (SSSR count). The Labute approximate surface area is 114 Å². The lowest BCUT2D eigenvalue weighted by atomic mass is 10.1. The fourth-order valence-electron chi connectivity index (χ4n) is 1.82. The molecule has 104 valence electrons. The maximum Gasteiger partial charge on any atom is 0.257 e. The molecular formula is C15H12F3NO. The zero-order valence-corrected chi connectivity index (χ0v) is 10.7. The molecule has 5 heteroatoms. The molecule has 1 unspecified atom stereocenters. The Morgan fingerprint density at radius 1 is 1.00 bits per heavy atom. The van der Waals surface area contributed by atoms with E-state index in [1.807, 2.05) is 0 Å². The van der Waals surface area contributed by atoms with Crippen molar-refractivity contribution >= 4 is 5.91 Å². The molecule has 2 aromatic carbocycles. The van der Waals surface area contributed by atoms with E-state index in [2.05, 4.69) is 5.32 Å². The SMILES string of the molecule is CC(NC(=O)c1c(F)cccc1F)c1ccc(F)cc1. The molecule has 0 aliphatic heterocycles. The van der Waals surface area contributed by atoms with Gasteiger partial charge in [0.05, 0.1) is 6.04 Å². The Bertz CT molecular complexity index is 605. The van der Waals surface area contributed by atoms with Gasteiger partial charge < -0.3 is 5.32 Å². The first kappa shape index (κ1) is 14.1. The average molecular weight is 279 g/mol. The van der Waals surface area contributed by atoms with Crippen molar-refractivity contribution in [1.82, 2.24) is 5.32 Å². The lowest BCUT2D eigenvalue weighted by Gasteiger charge is -2.15. The van der Waals surface area contributed by atoms with Gasteiger partial charge in [-0.05, 0) is 36.8 Å². The summed E-state index contributed by atoms with van der Waals surface area (Å²) < 4.78 is 39.7. The van der Waals surface area contributed by atoms with Crippen molar-refractivity contribution < 1.29 is 18.0 Å². The molecule has 0 aliphatic carbocycles. The van der Waals surface area contributed by atoms with Crippen LogP contribution in [0.4, 0.5) is 13.2 Å². The molecule has 0 saturated carbocycles. The van der Waals surface area contributed by atoms with Crippen molar-refractivity contribution in [2.45, 2.75) is 13.0 Å². The third-order valence-electron chi connectivity index (χ3n) is 2.91. The number of halogens is 3. The predicted octanol–water partition coefficient (Wildman–Crippen LogP) is 3.59. The highest BCUT2D eigenvalue weighted by atomic mass is 19.1. The molecule has 1 N–H and O–H groups in total. The summed E-state index contributed by atoms with van der Waals surface area (Å²) in [5.41, 5.74) is 0.0120. The fourth-order valence-corrected chi connectivity index (χ4v) is 1.82. The number of benzene rings is 2. The maximum absolute atomic E-state index is 13.5. The second-order valence-electron chi connectivity index (χ2n) is 4.34. The first-order valence-corrected chi connectivity index (χ1v) is 5.99. The summed E-state index contributed by atoms with van der Waals surface area (Å²) in [6.45, 7) is 1.64. The molecule has 0 fully saturated rings. The van der Waals surface area contributed by atoms with Crippen molar-refractivity contribution in [2.24, 2.45) is 0 Å². The first-order valence-electron chi connectivity index (χ1n) is 5.99. The molecule has 0 heterocycles. The Kier molecular flexibility index (Phi) is 4.08. The normalized spacial score (nSPS) is 12.0. The van der Waals surface area contributed by atoms with Crippen LogP contribution in [0.1, 0.15) is 28.9 Å². The van der Waals surface area contributed by atoms with Crippen LogP contribution in [0.3, 0.4) is 0 Å². The minimum atomic E-state index is -0.922. The van der Waals surface area contributed by atoms with Crippen molar-refractivity contribution in [1.29, 1.82) is 0 Å². The maximum atomic E-state index is 13.5. The van der Waals surface area contributed by atoms with Gasteiger partial charge in [-0.25, -0.2) is 13.2 Å². The van der Waals surface area contributed by atoms with Gasteiger partial charge >= 0.3 is 0 Å². The van der Waals surface area contributed by atoms with Gasteiger partial charge in [-0.1, -0.05) is 18.2 Å². The van der Waals surface area contributed by atoms with E-state index in [1.165, 1.54) is 30.3 Å². The standard InChI is InChI=1S/C15H12F3NO/c1-9(10-5-7-11(16)8-6-10)19-15(20)14-12(17)3-2-4-13(14)18/h2-9H,1H3,(H,19,20). The molecule has 0 bridgehead atoms. The zero-order chi connectivity index (χ0) is 14.7. The van der Waals surface area contributed by atoms with Crippen molar-refractivity contribution in [3.8, 4) is 0 Å². The van der Waals surface area contributed by atoms with E-state index in [9.17, 15) is 18.0 Å². The third kappa shape index (κ3) is 2.99. The van der Waals surface area contributed by atoms with Gasteiger partial charge in [-0.15, -0.1) is 0 Å². The number of hydrogen-bond donors (Lipinski definition) is 1. The molecule has 0 saturated heterocycles. The van der Waals surface area contributed by atoms with Gasteiger partial charge in [0.1, 0.15) is 23.0 Å². The minimum absolute atomic E-state index is 0.396. The second kappa shape index (κ2) is 5.77. The van der Waals surface area contributed by atoms with Crippen LogP contribution in [0.15, 0.2) is 42.5 Å². The molecule has 2 nitrogen and oxygen atoms in total. The van der Waals surface area contributed by atoms with Gasteiger partial charge in [0, 0.05) is 0 Å². The number of carbonyl (C=O) groups is 1. The molecular weight excluding hydrogens is 267 g/mol. The molecule has 0 spiro atoms. The minimum Gasteiger partial charge on any atom is -0.345 e. The van der Waals surface area contributed by atoms with Crippen LogP contribution in [0.25, 0.3) is 0 Å². The number of hydrogen-bond acceptors (Lipinski definition) is 1. The van der Waals surface area contributed by atoms with E-state index < -0.39 is 35.0 Å². The zero-order valence-electron chi connectivity index (χ0n) is 10.7. The molecule has 20 heavy (non-hydrogen) atoms. The number of amides is 1. The van der Waals surface area contributed by atoms with Crippen LogP contribution < -0.4 is 5.32 Å². The summed E-state index contributed by atoms with van der Waals surface area (Å²) in [5, 5.41) is 2.47. The second-order valence-corrected chi connectivity index (χ2v) is 4.34. The molecule has 1 atom stereocenters. The molecule has 0 radical (unpaired) electrons. The van der Waals surface area contributed by atoms with Gasteiger partial charge in [0.25, 0.3) is 5.91 Å². The molecule has 2 aromatic rings. The van der Waals surface area contributed by atoms with Crippen LogP contribution in [-0.2, 0) is 0 Å². The van der Waals surface area contributed by atoms with E-state index in [-0.39, 0.29) is 0 Å². The summed E-state index contributed by atoms with van der Waals surface area (Å²) in [7, 11) is 0. The smallest absolute Gasteiger partial charge is 0.257 e. The molecule has 1 amide bonds. The van der Waals surface area contributed by atoms with Crippen molar-refractivity contribution in [3.63, 3.8) is 0 Å². The van der Waals surface area contributed by atoms with Crippen LogP contribution in [0.5, 0.6) is 0 Å². The van der Waals surface area contributed by atoms with Gasteiger partial charge in [0.15, 0.2) is 0 Å². The van der Waals surface area contributed by atoms with E-state index in [4.69, 9.17) is 0 Å². The van der Waals surface area contributed by atoms with Crippen molar-refractivity contribution in [3.05, 3.63) is 71.0 Å². The Morgan fingerprint density at radius 2 is 1.55 bits per heavy atom. The van der Waals surface area contributed by atoms with Crippen molar-refractivity contribution in [2.75, 3.05) is 0 Å². The third-order valence-corrected chi connectivity index (χ3v) is 2.91. The van der Waals surface area contributed by atoms with Crippen LogP contribution in [-0.4, -0.2) is 5.91 Å². The van der Waals surface area contributed by atoms with E-state index >= 15 is 0 Å². The van der Waals surface area contributed by atoms with Crippen LogP contribution in [0, 0.1) is 17.5 Å². The van der Waals surface area contributed by atoms with E-state index in [0.717, 1.165) is 12.1 Å². The lowest BCUT2D eigenvalue weighted by Crippen LogP contribution is -2.28. The molecule has 0 aromatic heterocycles. The summed E-state index contributed by atoms with van der Waals surface area (Å²) in [6, 6.07) is 8.22. The average Bonchev–Trinajstić information content (AvgIpc) is 2.39. The Balaban J connectivity index is 2.17. The number of rotatable bonds is 3. The highest BCUT2D eigenvalue weighted by molar-refractivity contribution is 5.95. The topological polar surface area (TPSA) is 29.1 Å². The van der Waals surface area contributed by atoms with Gasteiger partial charge in [-0.2, -0.15) is 0 Å². The molecule has 0 aliphatic rings. The summed E-state index contributed by atoms with van der Waals surface area (Å²) >= 11 is 0. The largest absolute Gasteiger partial charge is 0.345 e. The summed E-state index contributed by atoms with van der Waals surface area (Å²) in [5.74, 6) is -3.09. The predicted molar refractivity (Wildman–Crippen MR) is 68.6 cm³/mol. The fraction of sp³-hybridized carbons (Fsp3) is 0.133. The highest BCUT2D eigenvalue weighted by Crippen LogP contribution is 2.16. The van der Waals surface area contributed by atoms with Crippen LogP contribution >= 0.6 is 0 Å². The summed E-state index contributed by atoms with van der Waals surface area (Å²) in [6.07, 6.45) is 0. The monoisotopic (exact) mass is 279 g/mol. The van der Waals surface area contributed by atoms with Crippen LogP contribution in [0.2, 0.25) is 0 Å². The van der Waals surface area contributed by atoms with Gasteiger partial charge in [-0.3, -0.25) is 4.79 Å². The van der Waals surface area contributed by atoms with E-state index in [0.29, 0.717) is 5.56 Å². The number of nitrogens with one attached hydrogen (secondary N) is 1.